The summed E-state index contributed by atoms with van der Waals surface area (Å²) in [4.78, 5) is 7.06. The molecule has 0 bridgehead atoms. The summed E-state index contributed by atoms with van der Waals surface area (Å²) in [5.41, 5.74) is 2.58. The van der Waals surface area contributed by atoms with Crippen molar-refractivity contribution < 1.29 is 0 Å². The Morgan fingerprint density at radius 3 is 2.63 bits per heavy atom. The fraction of sp³-hybridized carbons (Fsp3) is 0.609. The van der Waals surface area contributed by atoms with Crippen molar-refractivity contribution in [3.8, 4) is 0 Å². The van der Waals surface area contributed by atoms with Gasteiger partial charge in [0.1, 0.15) is 5.82 Å². The first-order chi connectivity index (χ1) is 14.6. The van der Waals surface area contributed by atoms with Crippen LogP contribution < -0.4 is 5.32 Å². The Kier molecular flexibility index (Phi) is 8.61. The van der Waals surface area contributed by atoms with Gasteiger partial charge in [-0.3, -0.25) is 4.99 Å². The fourth-order valence-electron chi connectivity index (χ4n) is 4.08. The van der Waals surface area contributed by atoms with Gasteiger partial charge in [-0.2, -0.15) is 0 Å². The third kappa shape index (κ3) is 6.00. The zero-order valence-electron chi connectivity index (χ0n) is 18.9. The SMILES string of the molecule is CCNC(=NCCCc1nnc(SC)n1C1CCCC1)N(C)Cc1ccc(C)cc1. The average Bonchev–Trinajstić information content (AvgIpc) is 3.41. The van der Waals surface area contributed by atoms with E-state index in [0.29, 0.717) is 6.04 Å². The largest absolute Gasteiger partial charge is 0.357 e. The van der Waals surface area contributed by atoms with E-state index in [1.54, 1.807) is 11.8 Å². The summed E-state index contributed by atoms with van der Waals surface area (Å²) in [5, 5.41) is 13.4. The Balaban J connectivity index is 1.58. The van der Waals surface area contributed by atoms with Crippen molar-refractivity contribution in [1.29, 1.82) is 0 Å². The predicted molar refractivity (Wildman–Crippen MR) is 126 cm³/mol. The van der Waals surface area contributed by atoms with Crippen molar-refractivity contribution in [3.05, 3.63) is 41.2 Å². The molecule has 7 heteroatoms. The van der Waals surface area contributed by atoms with Gasteiger partial charge in [0.2, 0.25) is 0 Å². The molecule has 0 radical (unpaired) electrons. The van der Waals surface area contributed by atoms with E-state index in [4.69, 9.17) is 4.99 Å². The van der Waals surface area contributed by atoms with Crippen molar-refractivity contribution in [1.82, 2.24) is 25.0 Å². The van der Waals surface area contributed by atoms with Crippen LogP contribution in [0.5, 0.6) is 0 Å². The molecule has 30 heavy (non-hydrogen) atoms. The van der Waals surface area contributed by atoms with E-state index in [0.717, 1.165) is 49.4 Å². The number of rotatable bonds is 9. The lowest BCUT2D eigenvalue weighted by molar-refractivity contribution is 0.460. The summed E-state index contributed by atoms with van der Waals surface area (Å²) in [7, 11) is 2.10. The Hall–Kier alpha value is -2.02. The standard InChI is InChI=1S/C23H36N6S/c1-5-24-22(28(3)17-19-14-12-18(2)13-15-19)25-16-8-11-21-26-27-23(30-4)29(21)20-9-6-7-10-20/h12-15,20H,5-11,16-17H2,1-4H3,(H,24,25). The molecule has 2 aromatic rings. The molecule has 164 valence electrons. The molecule has 1 saturated carbocycles. The topological polar surface area (TPSA) is 58.3 Å². The van der Waals surface area contributed by atoms with E-state index in [1.165, 1.54) is 36.8 Å². The highest BCUT2D eigenvalue weighted by Gasteiger charge is 2.23. The minimum atomic E-state index is 0.582. The van der Waals surface area contributed by atoms with Gasteiger partial charge in [-0.1, -0.05) is 54.4 Å². The summed E-state index contributed by atoms with van der Waals surface area (Å²) in [6, 6.07) is 9.29. The second kappa shape index (κ2) is 11.4. The summed E-state index contributed by atoms with van der Waals surface area (Å²) < 4.78 is 2.40. The molecule has 1 N–H and O–H groups in total. The second-order valence-corrected chi connectivity index (χ2v) is 8.87. The van der Waals surface area contributed by atoms with Crippen LogP contribution in [-0.2, 0) is 13.0 Å². The number of thioether (sulfide) groups is 1. The third-order valence-electron chi connectivity index (χ3n) is 5.66. The molecule has 1 aliphatic carbocycles. The molecule has 1 aliphatic rings. The van der Waals surface area contributed by atoms with Gasteiger partial charge in [0.15, 0.2) is 11.1 Å². The summed E-state index contributed by atoms with van der Waals surface area (Å²) in [6.07, 6.45) is 9.15. The molecule has 1 heterocycles. The van der Waals surface area contributed by atoms with Gasteiger partial charge < -0.3 is 14.8 Å². The van der Waals surface area contributed by atoms with E-state index < -0.39 is 0 Å². The van der Waals surface area contributed by atoms with Crippen LogP contribution in [-0.4, -0.2) is 52.0 Å². The summed E-state index contributed by atoms with van der Waals surface area (Å²) >= 11 is 1.70. The fourth-order valence-corrected chi connectivity index (χ4v) is 4.65. The number of aromatic nitrogens is 3. The molecule has 1 aromatic carbocycles. The van der Waals surface area contributed by atoms with Crippen LogP contribution in [0.1, 0.15) is 62.0 Å². The van der Waals surface area contributed by atoms with Gasteiger partial charge in [-0.25, -0.2) is 0 Å². The van der Waals surface area contributed by atoms with Crippen LogP contribution in [0.2, 0.25) is 0 Å². The van der Waals surface area contributed by atoms with E-state index in [1.807, 2.05) is 0 Å². The van der Waals surface area contributed by atoms with Crippen molar-refractivity contribution >= 4 is 17.7 Å². The first kappa shape index (κ1) is 22.7. The average molecular weight is 429 g/mol. The number of benzene rings is 1. The first-order valence-corrected chi connectivity index (χ1v) is 12.4. The maximum atomic E-state index is 4.87. The smallest absolute Gasteiger partial charge is 0.193 e. The lowest BCUT2D eigenvalue weighted by Gasteiger charge is -2.22. The maximum absolute atomic E-state index is 4.87. The van der Waals surface area contributed by atoms with Crippen LogP contribution in [0.3, 0.4) is 0 Å². The molecular weight excluding hydrogens is 392 g/mol. The quantitative estimate of drug-likeness (QED) is 0.277. The van der Waals surface area contributed by atoms with Gasteiger partial charge in [-0.05, 0) is 44.9 Å². The summed E-state index contributed by atoms with van der Waals surface area (Å²) in [6.45, 7) is 6.73. The molecular formula is C23H36N6S. The van der Waals surface area contributed by atoms with Gasteiger partial charge >= 0.3 is 0 Å². The van der Waals surface area contributed by atoms with Crippen LogP contribution >= 0.6 is 11.8 Å². The van der Waals surface area contributed by atoms with Crippen LogP contribution in [0.25, 0.3) is 0 Å². The first-order valence-electron chi connectivity index (χ1n) is 11.1. The number of aliphatic imine (C=N–C) groups is 1. The van der Waals surface area contributed by atoms with Crippen molar-refractivity contribution in [2.75, 3.05) is 26.4 Å². The van der Waals surface area contributed by atoms with E-state index in [2.05, 4.69) is 76.4 Å². The number of aryl methyl sites for hydroxylation is 2. The molecule has 6 nitrogen and oxygen atoms in total. The maximum Gasteiger partial charge on any atom is 0.193 e. The van der Waals surface area contributed by atoms with E-state index in [-0.39, 0.29) is 0 Å². The molecule has 1 fully saturated rings. The van der Waals surface area contributed by atoms with Crippen LogP contribution in [0.15, 0.2) is 34.4 Å². The molecule has 0 atom stereocenters. The zero-order chi connectivity index (χ0) is 21.3. The lowest BCUT2D eigenvalue weighted by atomic mass is 10.1. The molecule has 0 unspecified atom stereocenters. The molecule has 3 rings (SSSR count). The van der Waals surface area contributed by atoms with Gasteiger partial charge in [0.25, 0.3) is 0 Å². The molecule has 1 aromatic heterocycles. The molecule has 0 saturated heterocycles. The Labute approximate surface area is 185 Å². The zero-order valence-corrected chi connectivity index (χ0v) is 19.7. The number of guanidine groups is 1. The highest BCUT2D eigenvalue weighted by atomic mass is 32.2. The number of nitrogens with one attached hydrogen (secondary N) is 1. The number of hydrogen-bond donors (Lipinski definition) is 1. The van der Waals surface area contributed by atoms with E-state index >= 15 is 0 Å². The Morgan fingerprint density at radius 1 is 1.23 bits per heavy atom. The van der Waals surface area contributed by atoms with Gasteiger partial charge in [0.05, 0.1) is 0 Å². The van der Waals surface area contributed by atoms with Crippen molar-refractivity contribution in [3.63, 3.8) is 0 Å². The van der Waals surface area contributed by atoms with E-state index in [9.17, 15) is 0 Å². The highest BCUT2D eigenvalue weighted by Crippen LogP contribution is 2.33. The Bertz CT molecular complexity index is 808. The normalized spacial score (nSPS) is 15.0. The van der Waals surface area contributed by atoms with Gasteiger partial charge in [0, 0.05) is 39.1 Å². The van der Waals surface area contributed by atoms with Crippen molar-refractivity contribution in [2.45, 2.75) is 70.1 Å². The monoisotopic (exact) mass is 428 g/mol. The molecule has 0 aliphatic heterocycles. The van der Waals surface area contributed by atoms with Gasteiger partial charge in [-0.15, -0.1) is 10.2 Å². The number of hydrogen-bond acceptors (Lipinski definition) is 4. The minimum Gasteiger partial charge on any atom is -0.357 e. The lowest BCUT2D eigenvalue weighted by Crippen LogP contribution is -2.38. The highest BCUT2D eigenvalue weighted by molar-refractivity contribution is 7.98. The van der Waals surface area contributed by atoms with Crippen molar-refractivity contribution in [2.24, 2.45) is 4.99 Å². The second-order valence-electron chi connectivity index (χ2n) is 8.09. The minimum absolute atomic E-state index is 0.582. The molecule has 0 amide bonds. The predicted octanol–water partition coefficient (Wildman–Crippen LogP) is 4.45. The van der Waals surface area contributed by atoms with Crippen LogP contribution in [0.4, 0.5) is 0 Å². The number of nitrogens with zero attached hydrogens (tertiary/aromatic N) is 5. The molecule has 0 spiro atoms. The summed E-state index contributed by atoms with van der Waals surface area (Å²) in [5.74, 6) is 2.08. The Morgan fingerprint density at radius 2 is 1.97 bits per heavy atom. The van der Waals surface area contributed by atoms with Crippen LogP contribution in [0, 0.1) is 6.92 Å². The third-order valence-corrected chi connectivity index (χ3v) is 6.31.